The van der Waals surface area contributed by atoms with Gasteiger partial charge in [0.1, 0.15) is 0 Å². The Hall–Kier alpha value is -0.360. The SMILES string of the molecule is O=C([O-])c1cc(O)c(O)c(O)c1.[Ca+2].[Cl-]. The van der Waals surface area contributed by atoms with Crippen LogP contribution in [0.25, 0.3) is 0 Å². The van der Waals surface area contributed by atoms with Crippen LogP contribution in [-0.2, 0) is 0 Å². The van der Waals surface area contributed by atoms with Gasteiger partial charge in [0.2, 0.25) is 0 Å². The van der Waals surface area contributed by atoms with Crippen LogP contribution in [0.15, 0.2) is 12.1 Å². The van der Waals surface area contributed by atoms with E-state index in [4.69, 9.17) is 15.3 Å². The van der Waals surface area contributed by atoms with E-state index in [9.17, 15) is 9.90 Å². The third kappa shape index (κ3) is 3.42. The zero-order valence-electron chi connectivity index (χ0n) is 6.90. The fourth-order valence-electron chi connectivity index (χ4n) is 0.722. The summed E-state index contributed by atoms with van der Waals surface area (Å²) in [7, 11) is 0. The Kier molecular flexibility index (Phi) is 7.11. The van der Waals surface area contributed by atoms with E-state index in [-0.39, 0.29) is 50.1 Å². The maximum Gasteiger partial charge on any atom is 2.00 e. The van der Waals surface area contributed by atoms with E-state index in [0.29, 0.717) is 0 Å². The minimum Gasteiger partial charge on any atom is -1.00 e. The minimum atomic E-state index is -1.54. The molecule has 0 aliphatic heterocycles. The first kappa shape index (κ1) is 16.1. The predicted octanol–water partition coefficient (Wildman–Crippen LogP) is -4.21. The van der Waals surface area contributed by atoms with Crippen LogP contribution >= 0.6 is 0 Å². The van der Waals surface area contributed by atoms with Crippen LogP contribution in [-0.4, -0.2) is 59.0 Å². The molecule has 0 aliphatic rings. The van der Waals surface area contributed by atoms with Crippen LogP contribution < -0.4 is 17.5 Å². The molecule has 0 heterocycles. The topological polar surface area (TPSA) is 101 Å². The van der Waals surface area contributed by atoms with Gasteiger partial charge < -0.3 is 37.6 Å². The second-order valence-electron chi connectivity index (χ2n) is 2.15. The van der Waals surface area contributed by atoms with E-state index in [1.54, 1.807) is 0 Å². The summed E-state index contributed by atoms with van der Waals surface area (Å²) in [4.78, 5) is 10.2. The number of phenolic OH excluding ortho intramolecular Hbond substituents is 3. The van der Waals surface area contributed by atoms with E-state index >= 15 is 0 Å². The van der Waals surface area contributed by atoms with Crippen molar-refractivity contribution in [3.8, 4) is 17.2 Å². The number of benzene rings is 1. The Morgan fingerprint density at radius 1 is 1.14 bits per heavy atom. The molecule has 0 unspecified atom stereocenters. The van der Waals surface area contributed by atoms with Gasteiger partial charge in [0.25, 0.3) is 0 Å². The summed E-state index contributed by atoms with van der Waals surface area (Å²) in [6.45, 7) is 0. The van der Waals surface area contributed by atoms with E-state index in [1.807, 2.05) is 0 Å². The number of hydrogen-bond donors (Lipinski definition) is 3. The number of phenols is 3. The van der Waals surface area contributed by atoms with E-state index in [2.05, 4.69) is 0 Å². The molecule has 1 aromatic rings. The minimum absolute atomic E-state index is 0. The van der Waals surface area contributed by atoms with Crippen LogP contribution in [0.5, 0.6) is 17.2 Å². The number of carboxylic acids is 1. The van der Waals surface area contributed by atoms with Crippen molar-refractivity contribution in [2.45, 2.75) is 0 Å². The first-order valence-corrected chi connectivity index (χ1v) is 2.98. The standard InChI is InChI=1S/C7H6O5.Ca.ClH/c8-4-1-3(7(11)12)2-5(9)6(4)10;;/h1-2,8-10H,(H,11,12);;1H/q;+2;/p-2. The molecule has 0 bridgehead atoms. The molecular formula is C7H5CaClO5. The van der Waals surface area contributed by atoms with Crippen LogP contribution in [0.1, 0.15) is 10.4 Å². The second kappa shape index (κ2) is 6.18. The summed E-state index contributed by atoms with van der Waals surface area (Å²) in [5, 5.41) is 36.7. The van der Waals surface area contributed by atoms with Gasteiger partial charge in [0.15, 0.2) is 17.2 Å². The molecule has 0 amide bonds. The Morgan fingerprint density at radius 2 is 1.50 bits per heavy atom. The van der Waals surface area contributed by atoms with Crippen molar-refractivity contribution < 1.29 is 37.6 Å². The molecule has 1 aromatic carbocycles. The van der Waals surface area contributed by atoms with Gasteiger partial charge in [-0.05, 0) is 12.1 Å². The predicted molar refractivity (Wildman–Crippen MR) is 41.5 cm³/mol. The monoisotopic (exact) mass is 244 g/mol. The summed E-state index contributed by atoms with van der Waals surface area (Å²) in [6.07, 6.45) is 0. The molecule has 0 spiro atoms. The molecule has 0 aromatic heterocycles. The Labute approximate surface area is 115 Å². The van der Waals surface area contributed by atoms with Gasteiger partial charge in [-0.25, -0.2) is 0 Å². The molecule has 5 nitrogen and oxygen atoms in total. The molecule has 0 atom stereocenters. The fourth-order valence-corrected chi connectivity index (χ4v) is 0.722. The molecule has 0 aliphatic carbocycles. The quantitative estimate of drug-likeness (QED) is 0.344. The van der Waals surface area contributed by atoms with E-state index in [1.165, 1.54) is 0 Å². The van der Waals surface area contributed by atoms with E-state index in [0.717, 1.165) is 12.1 Å². The third-order valence-corrected chi connectivity index (χ3v) is 1.31. The van der Waals surface area contributed by atoms with E-state index < -0.39 is 28.8 Å². The molecule has 0 radical (unpaired) electrons. The molecule has 14 heavy (non-hydrogen) atoms. The van der Waals surface area contributed by atoms with Crippen LogP contribution in [0.4, 0.5) is 0 Å². The molecule has 72 valence electrons. The number of carboxylic acid groups (broad SMARTS) is 1. The number of halogens is 1. The average Bonchev–Trinajstić information content (AvgIpc) is 1.99. The summed E-state index contributed by atoms with van der Waals surface area (Å²) < 4.78 is 0. The third-order valence-electron chi connectivity index (χ3n) is 1.31. The van der Waals surface area contributed by atoms with Crippen molar-refractivity contribution in [2.24, 2.45) is 0 Å². The van der Waals surface area contributed by atoms with Gasteiger partial charge in [-0.2, -0.15) is 0 Å². The summed E-state index contributed by atoms with van der Waals surface area (Å²) in [6, 6.07) is 1.56. The first-order valence-electron chi connectivity index (χ1n) is 2.98. The van der Waals surface area contributed by atoms with Crippen molar-refractivity contribution in [1.29, 1.82) is 0 Å². The van der Waals surface area contributed by atoms with Gasteiger partial charge in [0, 0.05) is 5.56 Å². The Morgan fingerprint density at radius 3 is 1.79 bits per heavy atom. The first-order chi connectivity index (χ1) is 5.52. The molecule has 0 saturated heterocycles. The molecular weight excluding hydrogens is 240 g/mol. The number of aromatic carboxylic acids is 1. The Bertz CT molecular complexity index is 318. The fraction of sp³-hybridized carbons (Fsp3) is 0. The summed E-state index contributed by atoms with van der Waals surface area (Å²) in [5.41, 5.74) is -0.400. The molecule has 0 fully saturated rings. The number of carbonyl (C=O) groups excluding carboxylic acids is 1. The molecule has 7 heteroatoms. The summed E-state index contributed by atoms with van der Waals surface area (Å²) in [5.74, 6) is -3.69. The van der Waals surface area contributed by atoms with Crippen molar-refractivity contribution in [1.82, 2.24) is 0 Å². The average molecular weight is 245 g/mol. The van der Waals surface area contributed by atoms with Gasteiger partial charge in [-0.1, -0.05) is 0 Å². The molecule has 1 rings (SSSR count). The smallest absolute Gasteiger partial charge is 1.00 e. The van der Waals surface area contributed by atoms with Crippen LogP contribution in [0, 0.1) is 0 Å². The number of carbonyl (C=O) groups is 1. The summed E-state index contributed by atoms with van der Waals surface area (Å²) >= 11 is 0. The van der Waals surface area contributed by atoms with Crippen molar-refractivity contribution >= 4 is 43.7 Å². The largest absolute Gasteiger partial charge is 2.00 e. The Balaban J connectivity index is 0. The van der Waals surface area contributed by atoms with Crippen molar-refractivity contribution in [2.75, 3.05) is 0 Å². The van der Waals surface area contributed by atoms with Crippen molar-refractivity contribution in [3.63, 3.8) is 0 Å². The number of hydrogen-bond acceptors (Lipinski definition) is 5. The normalized spacial score (nSPS) is 8.29. The molecule has 3 N–H and O–H groups in total. The number of aromatic hydroxyl groups is 3. The van der Waals surface area contributed by atoms with Crippen LogP contribution in [0.2, 0.25) is 0 Å². The maximum absolute atomic E-state index is 10.2. The zero-order valence-corrected chi connectivity index (χ0v) is 9.86. The zero-order chi connectivity index (χ0) is 9.30. The maximum atomic E-state index is 10.2. The van der Waals surface area contributed by atoms with Gasteiger partial charge in [0.05, 0.1) is 5.97 Å². The van der Waals surface area contributed by atoms with Crippen molar-refractivity contribution in [3.05, 3.63) is 17.7 Å². The van der Waals surface area contributed by atoms with Gasteiger partial charge in [-0.3, -0.25) is 0 Å². The number of rotatable bonds is 1. The molecule has 0 saturated carbocycles. The van der Waals surface area contributed by atoms with Gasteiger partial charge >= 0.3 is 37.7 Å². The second-order valence-corrected chi connectivity index (χ2v) is 2.15. The van der Waals surface area contributed by atoms with Crippen LogP contribution in [0.3, 0.4) is 0 Å². The van der Waals surface area contributed by atoms with Gasteiger partial charge in [-0.15, -0.1) is 0 Å².